The highest BCUT2D eigenvalue weighted by Gasteiger charge is 2.11. The molecule has 14 heavy (non-hydrogen) atoms. The number of aliphatic hydroxyl groups excluding tert-OH is 1. The lowest BCUT2D eigenvalue weighted by atomic mass is 10.1. The van der Waals surface area contributed by atoms with Crippen molar-refractivity contribution in [1.82, 2.24) is 0 Å². The number of aliphatic hydroxyl groups is 1. The van der Waals surface area contributed by atoms with E-state index >= 15 is 0 Å². The molecule has 0 saturated carbocycles. The number of rotatable bonds is 2. The summed E-state index contributed by atoms with van der Waals surface area (Å²) >= 11 is 7.15. The van der Waals surface area contributed by atoms with E-state index in [4.69, 9.17) is 16.7 Å². The first-order chi connectivity index (χ1) is 6.77. The highest BCUT2D eigenvalue weighted by atomic mass is 35.5. The lowest BCUT2D eigenvalue weighted by Gasteiger charge is -2.00. The minimum atomic E-state index is -0.292. The van der Waals surface area contributed by atoms with Crippen LogP contribution in [0.4, 0.5) is 4.39 Å². The molecule has 0 unspecified atom stereocenters. The van der Waals surface area contributed by atoms with Gasteiger partial charge in [-0.15, -0.1) is 22.9 Å². The number of hydrogen-bond acceptors (Lipinski definition) is 2. The van der Waals surface area contributed by atoms with Crippen LogP contribution in [0.3, 0.4) is 0 Å². The maximum Gasteiger partial charge on any atom is 0.132 e. The summed E-state index contributed by atoms with van der Waals surface area (Å²) in [6.07, 6.45) is 0. The predicted molar refractivity (Wildman–Crippen MR) is 57.3 cm³/mol. The quantitative estimate of drug-likeness (QED) is 0.786. The highest BCUT2D eigenvalue weighted by Crippen LogP contribution is 2.32. The molecule has 1 nitrogen and oxygen atoms in total. The summed E-state index contributed by atoms with van der Waals surface area (Å²) in [6.45, 7) is -0.136. The molecule has 0 aliphatic heterocycles. The second-order valence-corrected chi connectivity index (χ2v) is 4.11. The fourth-order valence-corrected chi connectivity index (χ4v) is 2.84. The summed E-state index contributed by atoms with van der Waals surface area (Å²) in [7, 11) is 0. The molecule has 0 amide bonds. The van der Waals surface area contributed by atoms with Gasteiger partial charge >= 0.3 is 0 Å². The number of halogens is 2. The van der Waals surface area contributed by atoms with E-state index < -0.39 is 0 Å². The summed E-state index contributed by atoms with van der Waals surface area (Å²) in [5.74, 6) is 0.0708. The van der Waals surface area contributed by atoms with Crippen LogP contribution in [-0.2, 0) is 12.5 Å². The zero-order valence-corrected chi connectivity index (χ0v) is 8.83. The van der Waals surface area contributed by atoms with Gasteiger partial charge in [0.15, 0.2) is 0 Å². The summed E-state index contributed by atoms with van der Waals surface area (Å²) < 4.78 is 14.3. The molecular weight excluding hydrogens is 223 g/mol. The molecule has 1 aromatic heterocycles. The zero-order chi connectivity index (χ0) is 10.1. The molecule has 1 heterocycles. The van der Waals surface area contributed by atoms with Crippen molar-refractivity contribution in [3.05, 3.63) is 34.5 Å². The first-order valence-corrected chi connectivity index (χ1v) is 5.53. The normalized spacial score (nSPS) is 11.1. The van der Waals surface area contributed by atoms with Gasteiger partial charge in [-0.3, -0.25) is 0 Å². The van der Waals surface area contributed by atoms with Gasteiger partial charge in [-0.05, 0) is 22.6 Å². The van der Waals surface area contributed by atoms with E-state index in [2.05, 4.69) is 0 Å². The molecule has 0 saturated heterocycles. The molecule has 2 aromatic rings. The first-order valence-electron chi connectivity index (χ1n) is 4.12. The van der Waals surface area contributed by atoms with E-state index in [-0.39, 0.29) is 12.4 Å². The standard InChI is InChI=1S/C10H8ClFOS/c11-3-6-1-2-8(12)9-7(4-13)5-14-10(6)9/h1-2,5,13H,3-4H2. The van der Waals surface area contributed by atoms with E-state index in [1.54, 1.807) is 11.4 Å². The Labute approximate surface area is 89.7 Å². The van der Waals surface area contributed by atoms with E-state index in [1.165, 1.54) is 17.4 Å². The third-order valence-corrected chi connectivity index (χ3v) is 3.54. The highest BCUT2D eigenvalue weighted by molar-refractivity contribution is 7.17. The Balaban J connectivity index is 2.80. The number of thiophene rings is 1. The average molecular weight is 231 g/mol. The zero-order valence-electron chi connectivity index (χ0n) is 7.26. The lowest BCUT2D eigenvalue weighted by Crippen LogP contribution is -1.86. The van der Waals surface area contributed by atoms with Crippen LogP contribution in [0.25, 0.3) is 10.1 Å². The molecule has 0 bridgehead atoms. The molecule has 0 fully saturated rings. The van der Waals surface area contributed by atoms with Crippen molar-refractivity contribution in [2.24, 2.45) is 0 Å². The number of hydrogen-bond donors (Lipinski definition) is 1. The van der Waals surface area contributed by atoms with E-state index in [9.17, 15) is 4.39 Å². The van der Waals surface area contributed by atoms with Gasteiger partial charge in [0.25, 0.3) is 0 Å². The Bertz CT molecular complexity index is 466. The average Bonchev–Trinajstić information content (AvgIpc) is 2.63. The molecule has 0 atom stereocenters. The molecule has 0 spiro atoms. The number of alkyl halides is 1. The van der Waals surface area contributed by atoms with Gasteiger partial charge < -0.3 is 5.11 Å². The fraction of sp³-hybridized carbons (Fsp3) is 0.200. The summed E-state index contributed by atoms with van der Waals surface area (Å²) in [6, 6.07) is 3.08. The minimum absolute atomic E-state index is 0.136. The van der Waals surface area contributed by atoms with Crippen molar-refractivity contribution in [2.75, 3.05) is 0 Å². The minimum Gasteiger partial charge on any atom is -0.392 e. The second kappa shape index (κ2) is 3.85. The molecule has 1 aromatic carbocycles. The van der Waals surface area contributed by atoms with Crippen LogP contribution in [0.1, 0.15) is 11.1 Å². The van der Waals surface area contributed by atoms with Gasteiger partial charge in [0.2, 0.25) is 0 Å². The smallest absolute Gasteiger partial charge is 0.132 e. The number of fused-ring (bicyclic) bond motifs is 1. The van der Waals surface area contributed by atoms with Gasteiger partial charge in [-0.25, -0.2) is 4.39 Å². The predicted octanol–water partition coefficient (Wildman–Crippen LogP) is 3.27. The van der Waals surface area contributed by atoms with Gasteiger partial charge in [-0.1, -0.05) is 6.07 Å². The summed E-state index contributed by atoms with van der Waals surface area (Å²) in [4.78, 5) is 0. The van der Waals surface area contributed by atoms with Crippen LogP contribution in [-0.4, -0.2) is 5.11 Å². The third kappa shape index (κ3) is 1.41. The van der Waals surface area contributed by atoms with Crippen molar-refractivity contribution in [3.8, 4) is 0 Å². The Morgan fingerprint density at radius 1 is 1.36 bits per heavy atom. The van der Waals surface area contributed by atoms with Crippen molar-refractivity contribution in [3.63, 3.8) is 0 Å². The van der Waals surface area contributed by atoms with Crippen LogP contribution in [0.5, 0.6) is 0 Å². The van der Waals surface area contributed by atoms with Gasteiger partial charge in [0.05, 0.1) is 6.61 Å². The molecule has 0 aliphatic carbocycles. The van der Waals surface area contributed by atoms with Crippen LogP contribution < -0.4 is 0 Å². The van der Waals surface area contributed by atoms with Crippen molar-refractivity contribution >= 4 is 33.0 Å². The monoisotopic (exact) mass is 230 g/mol. The number of benzene rings is 1. The lowest BCUT2D eigenvalue weighted by molar-refractivity contribution is 0.283. The molecule has 74 valence electrons. The third-order valence-electron chi connectivity index (χ3n) is 2.14. The summed E-state index contributed by atoms with van der Waals surface area (Å²) in [5.41, 5.74) is 1.54. The van der Waals surface area contributed by atoms with E-state index in [0.717, 1.165) is 10.3 Å². The van der Waals surface area contributed by atoms with Gasteiger partial charge in [0, 0.05) is 16.0 Å². The molecular formula is C10H8ClFOS. The second-order valence-electron chi connectivity index (χ2n) is 2.96. The van der Waals surface area contributed by atoms with Crippen LogP contribution in [0.2, 0.25) is 0 Å². The molecule has 2 rings (SSSR count). The van der Waals surface area contributed by atoms with E-state index in [1.807, 2.05) is 0 Å². The molecule has 1 N–H and O–H groups in total. The SMILES string of the molecule is OCc1csc2c(CCl)ccc(F)c12. The van der Waals surface area contributed by atoms with Crippen molar-refractivity contribution in [2.45, 2.75) is 12.5 Å². The Kier molecular flexibility index (Phi) is 2.72. The largest absolute Gasteiger partial charge is 0.392 e. The Morgan fingerprint density at radius 3 is 2.79 bits per heavy atom. The van der Waals surface area contributed by atoms with Crippen LogP contribution in [0, 0.1) is 5.82 Å². The molecule has 0 radical (unpaired) electrons. The molecule has 0 aliphatic rings. The summed E-state index contributed by atoms with van der Waals surface area (Å²) in [5, 5.41) is 11.3. The van der Waals surface area contributed by atoms with Crippen LogP contribution in [0.15, 0.2) is 17.5 Å². The maximum absolute atomic E-state index is 13.4. The maximum atomic E-state index is 13.4. The van der Waals surface area contributed by atoms with E-state index in [0.29, 0.717) is 16.8 Å². The Hall–Kier alpha value is -0.640. The first kappa shape index (κ1) is 9.90. The van der Waals surface area contributed by atoms with Gasteiger partial charge in [0.1, 0.15) is 5.82 Å². The van der Waals surface area contributed by atoms with Crippen LogP contribution >= 0.6 is 22.9 Å². The topological polar surface area (TPSA) is 20.2 Å². The van der Waals surface area contributed by atoms with Crippen molar-refractivity contribution < 1.29 is 9.50 Å². The molecule has 4 heteroatoms. The van der Waals surface area contributed by atoms with Gasteiger partial charge in [-0.2, -0.15) is 0 Å². The van der Waals surface area contributed by atoms with Crippen molar-refractivity contribution in [1.29, 1.82) is 0 Å². The Morgan fingerprint density at radius 2 is 2.14 bits per heavy atom. The fourth-order valence-electron chi connectivity index (χ4n) is 1.45.